The summed E-state index contributed by atoms with van der Waals surface area (Å²) in [5, 5.41) is 0.715. The van der Waals surface area contributed by atoms with Crippen molar-refractivity contribution in [1.29, 1.82) is 0 Å². The van der Waals surface area contributed by atoms with Crippen LogP contribution in [0.5, 0.6) is 0 Å². The third kappa shape index (κ3) is 3.90. The lowest BCUT2D eigenvalue weighted by Gasteiger charge is -2.72. The normalized spacial score (nSPS) is 44.9. The van der Waals surface area contributed by atoms with E-state index in [0.717, 1.165) is 62.5 Å². The third-order valence-electron chi connectivity index (χ3n) is 14.5. The molecular weight excluding hydrogens is 540 g/mol. The van der Waals surface area contributed by atoms with Crippen molar-refractivity contribution in [2.75, 3.05) is 7.11 Å². The molecule has 1 aromatic carbocycles. The second kappa shape index (κ2) is 9.82. The van der Waals surface area contributed by atoms with E-state index in [1.54, 1.807) is 7.11 Å². The summed E-state index contributed by atoms with van der Waals surface area (Å²) in [4.78, 5) is 27.6. The van der Waals surface area contributed by atoms with Crippen LogP contribution < -0.4 is 0 Å². The third-order valence-corrected chi connectivity index (χ3v) is 14.7. The Hall–Kier alpha value is -1.87. The number of carbonyl (C=O) groups excluding carboxylic acids is 2. The Balaban J connectivity index is 1.41. The van der Waals surface area contributed by atoms with Crippen molar-refractivity contribution in [3.63, 3.8) is 0 Å². The largest absolute Gasteiger partial charge is 0.469 e. The van der Waals surface area contributed by atoms with Crippen LogP contribution in [-0.2, 0) is 14.3 Å². The fourth-order valence-corrected chi connectivity index (χ4v) is 12.6. The Morgan fingerprint density at radius 1 is 0.929 bits per heavy atom. The van der Waals surface area contributed by atoms with E-state index >= 15 is 0 Å². The SMILES string of the molecule is C=C(C)[C@@H]1CC[C@@]2(C(=O)OC)CC[C@]3(C)[C@H](CC[C@H]4[C@@]5(C)C/C(=C\c6ccc(Cl)cc6)C(=O)C(C)(C)[C@H]5CC[C@@]43C)[C@@H]12. The van der Waals surface area contributed by atoms with Gasteiger partial charge in [-0.15, -0.1) is 0 Å². The summed E-state index contributed by atoms with van der Waals surface area (Å²) in [6.07, 6.45) is 11.5. The van der Waals surface area contributed by atoms with Crippen molar-refractivity contribution in [3.8, 4) is 0 Å². The highest BCUT2D eigenvalue weighted by molar-refractivity contribution is 6.30. The lowest BCUT2D eigenvalue weighted by Crippen LogP contribution is -2.67. The van der Waals surface area contributed by atoms with E-state index < -0.39 is 5.41 Å². The molecule has 5 aliphatic carbocycles. The summed E-state index contributed by atoms with van der Waals surface area (Å²) in [7, 11) is 1.58. The zero-order chi connectivity index (χ0) is 30.5. The van der Waals surface area contributed by atoms with Crippen LogP contribution in [0, 0.1) is 56.7 Å². The van der Waals surface area contributed by atoms with Crippen LogP contribution in [0.4, 0.5) is 0 Å². The van der Waals surface area contributed by atoms with Gasteiger partial charge in [0, 0.05) is 10.4 Å². The number of benzene rings is 1. The maximum atomic E-state index is 14.1. The van der Waals surface area contributed by atoms with Gasteiger partial charge in [-0.2, -0.15) is 0 Å². The molecule has 228 valence electrons. The summed E-state index contributed by atoms with van der Waals surface area (Å²) < 4.78 is 5.54. The molecule has 5 saturated carbocycles. The number of Topliss-reactive ketones (excluding diaryl/α,β-unsaturated/α-hetero) is 1. The Labute approximate surface area is 258 Å². The topological polar surface area (TPSA) is 43.4 Å². The Bertz CT molecular complexity index is 1340. The van der Waals surface area contributed by atoms with E-state index in [2.05, 4.69) is 54.2 Å². The van der Waals surface area contributed by atoms with Gasteiger partial charge in [-0.25, -0.2) is 0 Å². The molecule has 0 saturated heterocycles. The zero-order valence-electron chi connectivity index (χ0n) is 26.9. The molecule has 0 N–H and O–H groups in total. The zero-order valence-corrected chi connectivity index (χ0v) is 27.7. The minimum absolute atomic E-state index is 0.0192. The maximum absolute atomic E-state index is 14.1. The first-order valence-corrected chi connectivity index (χ1v) is 16.8. The Morgan fingerprint density at radius 2 is 1.62 bits per heavy atom. The monoisotopic (exact) mass is 590 g/mol. The molecule has 42 heavy (non-hydrogen) atoms. The molecule has 3 nitrogen and oxygen atoms in total. The number of rotatable bonds is 3. The molecule has 0 unspecified atom stereocenters. The number of methoxy groups -OCH3 is 1. The van der Waals surface area contributed by atoms with Crippen LogP contribution in [0.1, 0.15) is 105 Å². The van der Waals surface area contributed by atoms with E-state index in [0.29, 0.717) is 40.4 Å². The van der Waals surface area contributed by atoms with Gasteiger partial charge >= 0.3 is 5.97 Å². The second-order valence-corrected chi connectivity index (χ2v) is 16.7. The van der Waals surface area contributed by atoms with Gasteiger partial charge in [-0.1, -0.05) is 70.5 Å². The minimum Gasteiger partial charge on any atom is -0.469 e. The van der Waals surface area contributed by atoms with E-state index in [1.807, 2.05) is 24.3 Å². The number of esters is 1. The van der Waals surface area contributed by atoms with Crippen molar-refractivity contribution >= 4 is 29.4 Å². The molecule has 0 heterocycles. The van der Waals surface area contributed by atoms with Crippen molar-refractivity contribution in [2.24, 2.45) is 56.7 Å². The highest BCUT2D eigenvalue weighted by Crippen LogP contribution is 2.77. The standard InChI is InChI=1S/C38H51ClO3/c1-23(2)27-15-18-38(33(41)42-8)20-19-36(6)28(31(27)38)13-14-30-35(5)22-25(21-24-9-11-26(39)12-10-24)32(40)34(3,4)29(35)16-17-37(30,36)7/h9-12,21,27-31H,1,13-20,22H2,2-8H3/b25-21+/t27-,28+,29+,30-,31+,35-,36+,37-,38+/m0/s1. The number of halogens is 1. The maximum Gasteiger partial charge on any atom is 0.312 e. The van der Waals surface area contributed by atoms with Crippen molar-refractivity contribution in [1.82, 2.24) is 0 Å². The van der Waals surface area contributed by atoms with Crippen LogP contribution >= 0.6 is 11.6 Å². The van der Waals surface area contributed by atoms with Gasteiger partial charge in [0.15, 0.2) is 5.78 Å². The summed E-state index contributed by atoms with van der Waals surface area (Å²) in [5.41, 5.74) is 2.83. The smallest absolute Gasteiger partial charge is 0.312 e. The summed E-state index contributed by atoms with van der Waals surface area (Å²) in [6.45, 7) is 18.8. The first kappa shape index (κ1) is 30.2. The fraction of sp³-hybridized carbons (Fsp3) is 0.684. The average molecular weight is 591 g/mol. The number of allylic oxidation sites excluding steroid dienone is 2. The van der Waals surface area contributed by atoms with E-state index in [-0.39, 0.29) is 27.6 Å². The number of hydrogen-bond donors (Lipinski definition) is 0. The van der Waals surface area contributed by atoms with Crippen LogP contribution in [0.2, 0.25) is 5.02 Å². The lowest BCUT2D eigenvalue weighted by molar-refractivity contribution is -0.232. The predicted molar refractivity (Wildman–Crippen MR) is 171 cm³/mol. The average Bonchev–Trinajstić information content (AvgIpc) is 3.34. The summed E-state index contributed by atoms with van der Waals surface area (Å²) in [6, 6.07) is 7.87. The molecule has 0 aromatic heterocycles. The van der Waals surface area contributed by atoms with Gasteiger partial charge in [0.1, 0.15) is 0 Å². The number of ether oxygens (including phenoxy) is 1. The molecular formula is C38H51ClO3. The van der Waals surface area contributed by atoms with Gasteiger partial charge in [-0.05, 0) is 140 Å². The summed E-state index contributed by atoms with van der Waals surface area (Å²) >= 11 is 6.18. The van der Waals surface area contributed by atoms with Crippen molar-refractivity contribution < 1.29 is 14.3 Å². The summed E-state index contributed by atoms with van der Waals surface area (Å²) in [5.74, 6) is 2.42. The fourth-order valence-electron chi connectivity index (χ4n) is 12.4. The molecule has 6 rings (SSSR count). The molecule has 1 aromatic rings. The quantitative estimate of drug-likeness (QED) is 0.200. The number of ketones is 1. The van der Waals surface area contributed by atoms with Gasteiger partial charge < -0.3 is 4.74 Å². The number of carbonyl (C=O) groups is 2. The first-order valence-electron chi connectivity index (χ1n) is 16.4. The highest BCUT2D eigenvalue weighted by atomic mass is 35.5. The highest BCUT2D eigenvalue weighted by Gasteiger charge is 2.72. The molecule has 0 bridgehead atoms. The molecule has 5 fully saturated rings. The van der Waals surface area contributed by atoms with Crippen molar-refractivity contribution in [2.45, 2.75) is 99.3 Å². The van der Waals surface area contributed by atoms with Crippen LogP contribution in [0.15, 0.2) is 42.0 Å². The molecule has 4 heteroatoms. The van der Waals surface area contributed by atoms with Crippen LogP contribution in [0.25, 0.3) is 6.08 Å². The number of fused-ring (bicyclic) bond motifs is 7. The van der Waals surface area contributed by atoms with E-state index in [1.165, 1.54) is 12.0 Å². The van der Waals surface area contributed by atoms with Gasteiger partial charge in [0.25, 0.3) is 0 Å². The molecule has 0 aliphatic heterocycles. The molecule has 5 aliphatic rings. The van der Waals surface area contributed by atoms with E-state index in [4.69, 9.17) is 16.3 Å². The van der Waals surface area contributed by atoms with Gasteiger partial charge in [-0.3, -0.25) is 9.59 Å². The second-order valence-electron chi connectivity index (χ2n) is 16.3. The van der Waals surface area contributed by atoms with E-state index in [9.17, 15) is 9.59 Å². The van der Waals surface area contributed by atoms with Gasteiger partial charge in [0.2, 0.25) is 0 Å². The van der Waals surface area contributed by atoms with Crippen LogP contribution in [-0.4, -0.2) is 18.9 Å². The molecule has 0 amide bonds. The van der Waals surface area contributed by atoms with Crippen LogP contribution in [0.3, 0.4) is 0 Å². The lowest BCUT2D eigenvalue weighted by atomic mass is 9.32. The van der Waals surface area contributed by atoms with Crippen molar-refractivity contribution in [3.05, 3.63) is 52.6 Å². The first-order chi connectivity index (χ1) is 19.7. The molecule has 0 radical (unpaired) electrons. The minimum atomic E-state index is -0.395. The molecule has 9 atom stereocenters. The number of hydrogen-bond acceptors (Lipinski definition) is 3. The molecule has 0 spiro atoms. The predicted octanol–water partition coefficient (Wildman–Crippen LogP) is 9.73. The Morgan fingerprint density at radius 3 is 2.26 bits per heavy atom. The Kier molecular flexibility index (Phi) is 7.05. The van der Waals surface area contributed by atoms with Gasteiger partial charge in [0.05, 0.1) is 12.5 Å².